The number of fused-ring (bicyclic) bond motifs is 2. The van der Waals surface area contributed by atoms with Crippen LogP contribution < -0.4 is 5.32 Å². The van der Waals surface area contributed by atoms with Crippen LogP contribution in [-0.2, 0) is 10.2 Å². The topological polar surface area (TPSA) is 41.6 Å². The van der Waals surface area contributed by atoms with Crippen molar-refractivity contribution < 1.29 is 9.53 Å². The lowest BCUT2D eigenvalue weighted by Gasteiger charge is -2.23. The fraction of sp³-hybridized carbons (Fsp3) is 0.462. The zero-order chi connectivity index (χ0) is 12.8. The minimum Gasteiger partial charge on any atom is -0.453 e. The minimum atomic E-state index is -0.248. The van der Waals surface area contributed by atoms with Crippen molar-refractivity contribution in [2.24, 2.45) is 0 Å². The minimum absolute atomic E-state index is 0.00553. The van der Waals surface area contributed by atoms with Crippen LogP contribution in [0.1, 0.15) is 12.0 Å². The fourth-order valence-electron chi connectivity index (χ4n) is 2.99. The number of amides is 1. The smallest absolute Gasteiger partial charge is 0.409 e. The van der Waals surface area contributed by atoms with Crippen LogP contribution in [0, 0.1) is 0 Å². The van der Waals surface area contributed by atoms with Crippen LogP contribution in [0.5, 0.6) is 0 Å². The van der Waals surface area contributed by atoms with Gasteiger partial charge in [0.2, 0.25) is 0 Å². The molecule has 1 aromatic carbocycles. The Morgan fingerprint density at radius 2 is 2.39 bits per heavy atom. The van der Waals surface area contributed by atoms with Crippen molar-refractivity contribution in [3.63, 3.8) is 0 Å². The van der Waals surface area contributed by atoms with Gasteiger partial charge in [-0.3, -0.25) is 0 Å². The van der Waals surface area contributed by atoms with Crippen molar-refractivity contribution >= 4 is 23.4 Å². The molecule has 4 nitrogen and oxygen atoms in total. The van der Waals surface area contributed by atoms with Gasteiger partial charge in [-0.25, -0.2) is 4.79 Å². The number of methoxy groups -OCH3 is 1. The summed E-state index contributed by atoms with van der Waals surface area (Å²) in [5, 5.41) is 4.14. The molecule has 0 aliphatic carbocycles. The fourth-order valence-corrected chi connectivity index (χ4v) is 3.16. The second-order valence-electron chi connectivity index (χ2n) is 4.97. The molecule has 5 heteroatoms. The second-order valence-corrected chi connectivity index (χ2v) is 5.40. The van der Waals surface area contributed by atoms with E-state index in [9.17, 15) is 4.79 Å². The predicted octanol–water partition coefficient (Wildman–Crippen LogP) is 2.48. The normalized spacial score (nSPS) is 25.1. The summed E-state index contributed by atoms with van der Waals surface area (Å²) in [6.07, 6.45) is 0.699. The quantitative estimate of drug-likeness (QED) is 0.784. The lowest BCUT2D eigenvalue weighted by atomic mass is 9.82. The van der Waals surface area contributed by atoms with E-state index in [1.807, 2.05) is 18.2 Å². The van der Waals surface area contributed by atoms with Crippen LogP contribution in [0.15, 0.2) is 18.2 Å². The van der Waals surface area contributed by atoms with E-state index in [1.165, 1.54) is 12.7 Å². The first kappa shape index (κ1) is 11.7. The molecule has 1 N–H and O–H groups in total. The molecule has 1 aromatic rings. The summed E-state index contributed by atoms with van der Waals surface area (Å²) in [5.41, 5.74) is 2.35. The molecule has 0 aromatic heterocycles. The van der Waals surface area contributed by atoms with Gasteiger partial charge in [0.15, 0.2) is 0 Å². The van der Waals surface area contributed by atoms with Gasteiger partial charge in [-0.2, -0.15) is 0 Å². The highest BCUT2D eigenvalue weighted by Crippen LogP contribution is 2.44. The average molecular weight is 267 g/mol. The number of anilines is 1. The Balaban J connectivity index is 1.92. The lowest BCUT2D eigenvalue weighted by Crippen LogP contribution is -2.35. The summed E-state index contributed by atoms with van der Waals surface area (Å²) in [6.45, 7) is 2.29. The maximum Gasteiger partial charge on any atom is 0.409 e. The number of hydrogen-bond donors (Lipinski definition) is 1. The summed E-state index contributed by atoms with van der Waals surface area (Å²) in [7, 11) is 1.42. The van der Waals surface area contributed by atoms with Crippen LogP contribution in [0.2, 0.25) is 5.02 Å². The van der Waals surface area contributed by atoms with Gasteiger partial charge in [0, 0.05) is 35.8 Å². The van der Waals surface area contributed by atoms with E-state index in [0.717, 1.165) is 30.2 Å². The third kappa shape index (κ3) is 1.63. The van der Waals surface area contributed by atoms with Crippen LogP contribution in [0.25, 0.3) is 0 Å². The summed E-state index contributed by atoms with van der Waals surface area (Å²) in [6, 6.07) is 5.91. The first-order valence-electron chi connectivity index (χ1n) is 6.01. The van der Waals surface area contributed by atoms with E-state index in [1.54, 1.807) is 4.90 Å². The molecule has 2 aliphatic rings. The Morgan fingerprint density at radius 3 is 3.17 bits per heavy atom. The maximum atomic E-state index is 11.6. The number of benzene rings is 1. The standard InChI is InChI=1S/C13H15ClN2O2/c1-18-12(17)16-5-4-13(8-16)7-15-11-3-2-9(14)6-10(11)13/h2-3,6,15H,4-5,7-8H2,1H3. The highest BCUT2D eigenvalue weighted by molar-refractivity contribution is 6.30. The second kappa shape index (κ2) is 4.05. The SMILES string of the molecule is COC(=O)N1CCC2(CNc3ccc(Cl)cc32)C1. The Hall–Kier alpha value is -1.42. The molecule has 1 saturated heterocycles. The molecule has 1 fully saturated rings. The van der Waals surface area contributed by atoms with E-state index in [4.69, 9.17) is 16.3 Å². The van der Waals surface area contributed by atoms with Gasteiger partial charge in [-0.15, -0.1) is 0 Å². The molecule has 96 valence electrons. The van der Waals surface area contributed by atoms with Crippen LogP contribution in [0.3, 0.4) is 0 Å². The van der Waals surface area contributed by atoms with E-state index in [2.05, 4.69) is 5.32 Å². The van der Waals surface area contributed by atoms with E-state index >= 15 is 0 Å². The molecule has 0 bridgehead atoms. The molecule has 1 atom stereocenters. The molecular formula is C13H15ClN2O2. The molecule has 2 heterocycles. The number of carbonyl (C=O) groups is 1. The van der Waals surface area contributed by atoms with Crippen LogP contribution >= 0.6 is 11.6 Å². The number of nitrogens with one attached hydrogen (secondary N) is 1. The monoisotopic (exact) mass is 266 g/mol. The molecule has 2 aliphatic heterocycles. The molecule has 0 saturated carbocycles. The van der Waals surface area contributed by atoms with Gasteiger partial charge in [0.05, 0.1) is 7.11 Å². The van der Waals surface area contributed by atoms with E-state index < -0.39 is 0 Å². The van der Waals surface area contributed by atoms with Gasteiger partial charge in [-0.1, -0.05) is 11.6 Å². The third-order valence-corrected chi connectivity index (χ3v) is 4.19. The largest absolute Gasteiger partial charge is 0.453 e. The first-order chi connectivity index (χ1) is 8.64. The van der Waals surface area contributed by atoms with Crippen molar-refractivity contribution in [3.05, 3.63) is 28.8 Å². The highest BCUT2D eigenvalue weighted by Gasteiger charge is 2.46. The summed E-state index contributed by atoms with van der Waals surface area (Å²) < 4.78 is 4.79. The zero-order valence-electron chi connectivity index (χ0n) is 10.2. The van der Waals surface area contributed by atoms with Gasteiger partial charge >= 0.3 is 6.09 Å². The number of hydrogen-bond acceptors (Lipinski definition) is 3. The van der Waals surface area contributed by atoms with Crippen molar-refractivity contribution in [1.82, 2.24) is 4.90 Å². The number of nitrogens with zero attached hydrogens (tertiary/aromatic N) is 1. The van der Waals surface area contributed by atoms with E-state index in [-0.39, 0.29) is 11.5 Å². The van der Waals surface area contributed by atoms with E-state index in [0.29, 0.717) is 6.54 Å². The van der Waals surface area contributed by atoms with Crippen molar-refractivity contribution in [2.45, 2.75) is 11.8 Å². The van der Waals surface area contributed by atoms with Crippen molar-refractivity contribution in [2.75, 3.05) is 32.1 Å². The summed E-state index contributed by atoms with van der Waals surface area (Å²) in [4.78, 5) is 13.4. The Kier molecular flexibility index (Phi) is 2.63. The molecule has 3 rings (SSSR count). The Bertz CT molecular complexity index is 506. The highest BCUT2D eigenvalue weighted by atomic mass is 35.5. The number of carbonyl (C=O) groups excluding carboxylic acids is 1. The van der Waals surface area contributed by atoms with Crippen LogP contribution in [-0.4, -0.2) is 37.7 Å². The third-order valence-electron chi connectivity index (χ3n) is 3.96. The van der Waals surface area contributed by atoms with Gasteiger partial charge in [0.25, 0.3) is 0 Å². The number of rotatable bonds is 0. The number of halogens is 1. The van der Waals surface area contributed by atoms with Crippen LogP contribution in [0.4, 0.5) is 10.5 Å². The molecular weight excluding hydrogens is 252 g/mol. The number of ether oxygens (including phenoxy) is 1. The molecule has 1 amide bonds. The summed E-state index contributed by atoms with van der Waals surface area (Å²) in [5.74, 6) is 0. The lowest BCUT2D eigenvalue weighted by molar-refractivity contribution is 0.131. The van der Waals surface area contributed by atoms with Crippen molar-refractivity contribution in [3.8, 4) is 0 Å². The van der Waals surface area contributed by atoms with Crippen molar-refractivity contribution in [1.29, 1.82) is 0 Å². The Labute approximate surface area is 111 Å². The Morgan fingerprint density at radius 1 is 1.56 bits per heavy atom. The average Bonchev–Trinajstić information content (AvgIpc) is 2.96. The first-order valence-corrected chi connectivity index (χ1v) is 6.39. The van der Waals surface area contributed by atoms with Gasteiger partial charge in [-0.05, 0) is 30.2 Å². The summed E-state index contributed by atoms with van der Waals surface area (Å²) >= 11 is 6.08. The molecule has 0 radical (unpaired) electrons. The maximum absolute atomic E-state index is 11.6. The molecule has 1 spiro atoms. The molecule has 18 heavy (non-hydrogen) atoms. The predicted molar refractivity (Wildman–Crippen MR) is 70.2 cm³/mol. The molecule has 1 unspecified atom stereocenters. The van der Waals surface area contributed by atoms with Gasteiger partial charge in [0.1, 0.15) is 0 Å². The van der Waals surface area contributed by atoms with Gasteiger partial charge < -0.3 is 15.0 Å². The number of likely N-dealkylation sites (tertiary alicyclic amines) is 1. The zero-order valence-corrected chi connectivity index (χ0v) is 11.0.